The summed E-state index contributed by atoms with van der Waals surface area (Å²) in [6.45, 7) is 1.19. The first kappa shape index (κ1) is 11.7. The Morgan fingerprint density at radius 3 is 1.94 bits per heavy atom. The highest BCUT2D eigenvalue weighted by Crippen LogP contribution is 2.38. The fraction of sp³-hybridized carbons (Fsp3) is 0.200. The van der Waals surface area contributed by atoms with Crippen LogP contribution in [0.2, 0.25) is 5.02 Å². The number of ether oxygens (including phenoxy) is 2. The van der Waals surface area contributed by atoms with Gasteiger partial charge >= 0.3 is 0 Å². The molecule has 1 saturated heterocycles. The topological polar surface area (TPSA) is 18.5 Å². The van der Waals surface area contributed by atoms with Gasteiger partial charge in [0.2, 0.25) is 5.79 Å². The van der Waals surface area contributed by atoms with Crippen molar-refractivity contribution in [3.05, 3.63) is 70.7 Å². The molecule has 0 unspecified atom stereocenters. The molecule has 3 heteroatoms. The second-order valence-corrected chi connectivity index (χ2v) is 4.62. The molecule has 0 spiro atoms. The molecule has 0 aromatic heterocycles. The number of halogens is 1. The third kappa shape index (κ3) is 1.93. The summed E-state index contributed by atoms with van der Waals surface area (Å²) in [7, 11) is 0. The molecule has 92 valence electrons. The molecule has 0 radical (unpaired) electrons. The Bertz CT molecular complexity index is 516. The molecular weight excluding hydrogens is 248 g/mol. The van der Waals surface area contributed by atoms with E-state index in [0.717, 1.165) is 11.1 Å². The molecular formula is C15H13ClO2. The van der Waals surface area contributed by atoms with Gasteiger partial charge in [-0.15, -0.1) is 0 Å². The first-order chi connectivity index (χ1) is 8.81. The monoisotopic (exact) mass is 260 g/mol. The van der Waals surface area contributed by atoms with E-state index in [-0.39, 0.29) is 0 Å². The summed E-state index contributed by atoms with van der Waals surface area (Å²) in [5.41, 5.74) is 1.97. The Hall–Kier alpha value is -1.35. The van der Waals surface area contributed by atoms with Crippen LogP contribution < -0.4 is 0 Å². The lowest BCUT2D eigenvalue weighted by atomic mass is 9.97. The van der Waals surface area contributed by atoms with E-state index in [1.807, 2.05) is 54.6 Å². The summed E-state index contributed by atoms with van der Waals surface area (Å²) in [6, 6.07) is 17.6. The largest absolute Gasteiger partial charge is 0.340 e. The average Bonchev–Trinajstić information content (AvgIpc) is 2.91. The maximum absolute atomic E-state index is 5.93. The molecule has 18 heavy (non-hydrogen) atoms. The number of hydrogen-bond donors (Lipinski definition) is 0. The summed E-state index contributed by atoms with van der Waals surface area (Å²) in [5.74, 6) is -0.786. The van der Waals surface area contributed by atoms with Crippen molar-refractivity contribution in [3.63, 3.8) is 0 Å². The SMILES string of the molecule is Clc1ccc(C2(c3ccccc3)OCCO2)cc1. The lowest BCUT2D eigenvalue weighted by Crippen LogP contribution is -2.28. The summed E-state index contributed by atoms with van der Waals surface area (Å²) >= 11 is 5.93. The van der Waals surface area contributed by atoms with Gasteiger partial charge in [-0.1, -0.05) is 54.1 Å². The zero-order chi connectivity index (χ0) is 12.4. The molecule has 1 fully saturated rings. The zero-order valence-electron chi connectivity index (χ0n) is 9.80. The molecule has 1 heterocycles. The van der Waals surface area contributed by atoms with E-state index in [1.165, 1.54) is 0 Å². The fourth-order valence-corrected chi connectivity index (χ4v) is 2.37. The highest BCUT2D eigenvalue weighted by Gasteiger charge is 2.40. The number of hydrogen-bond acceptors (Lipinski definition) is 2. The van der Waals surface area contributed by atoms with E-state index >= 15 is 0 Å². The Morgan fingerprint density at radius 1 is 0.778 bits per heavy atom. The Kier molecular flexibility index (Phi) is 3.08. The molecule has 2 aromatic rings. The van der Waals surface area contributed by atoms with Gasteiger partial charge in [0.05, 0.1) is 13.2 Å². The molecule has 0 saturated carbocycles. The van der Waals surface area contributed by atoms with Gasteiger partial charge in [-0.25, -0.2) is 0 Å². The summed E-state index contributed by atoms with van der Waals surface area (Å²) < 4.78 is 11.8. The van der Waals surface area contributed by atoms with Gasteiger partial charge in [-0.05, 0) is 12.1 Å². The van der Waals surface area contributed by atoms with Crippen molar-refractivity contribution in [2.24, 2.45) is 0 Å². The number of rotatable bonds is 2. The van der Waals surface area contributed by atoms with Crippen LogP contribution in [0.4, 0.5) is 0 Å². The van der Waals surface area contributed by atoms with Crippen LogP contribution in [0.25, 0.3) is 0 Å². The highest BCUT2D eigenvalue weighted by atomic mass is 35.5. The van der Waals surface area contributed by atoms with Gasteiger partial charge in [0.25, 0.3) is 0 Å². The predicted octanol–water partition coefficient (Wildman–Crippen LogP) is 3.59. The van der Waals surface area contributed by atoms with Crippen molar-refractivity contribution in [3.8, 4) is 0 Å². The molecule has 0 atom stereocenters. The number of benzene rings is 2. The quantitative estimate of drug-likeness (QED) is 0.822. The van der Waals surface area contributed by atoms with Crippen LogP contribution >= 0.6 is 11.6 Å². The molecule has 1 aliphatic rings. The molecule has 0 bridgehead atoms. The van der Waals surface area contributed by atoms with Gasteiger partial charge in [-0.2, -0.15) is 0 Å². The van der Waals surface area contributed by atoms with E-state index in [4.69, 9.17) is 21.1 Å². The smallest absolute Gasteiger partial charge is 0.222 e. The summed E-state index contributed by atoms with van der Waals surface area (Å²) in [6.07, 6.45) is 0. The lowest BCUT2D eigenvalue weighted by Gasteiger charge is -2.28. The molecule has 0 N–H and O–H groups in total. The third-order valence-electron chi connectivity index (χ3n) is 3.07. The zero-order valence-corrected chi connectivity index (χ0v) is 10.6. The first-order valence-electron chi connectivity index (χ1n) is 5.91. The van der Waals surface area contributed by atoms with E-state index in [0.29, 0.717) is 18.2 Å². The van der Waals surface area contributed by atoms with Crippen molar-refractivity contribution in [1.82, 2.24) is 0 Å². The molecule has 2 aromatic carbocycles. The fourth-order valence-electron chi connectivity index (χ4n) is 2.24. The summed E-state index contributed by atoms with van der Waals surface area (Å²) in [5, 5.41) is 0.708. The highest BCUT2D eigenvalue weighted by molar-refractivity contribution is 6.30. The lowest BCUT2D eigenvalue weighted by molar-refractivity contribution is -0.129. The van der Waals surface area contributed by atoms with Crippen molar-refractivity contribution in [1.29, 1.82) is 0 Å². The van der Waals surface area contributed by atoms with Crippen LogP contribution in [0, 0.1) is 0 Å². The Balaban J connectivity index is 2.10. The van der Waals surface area contributed by atoms with Crippen molar-refractivity contribution in [2.75, 3.05) is 13.2 Å². The van der Waals surface area contributed by atoms with Crippen LogP contribution in [0.1, 0.15) is 11.1 Å². The van der Waals surface area contributed by atoms with Gasteiger partial charge < -0.3 is 9.47 Å². The minimum Gasteiger partial charge on any atom is -0.340 e. The molecule has 1 aliphatic heterocycles. The van der Waals surface area contributed by atoms with E-state index in [2.05, 4.69) is 0 Å². The maximum atomic E-state index is 5.93. The first-order valence-corrected chi connectivity index (χ1v) is 6.28. The van der Waals surface area contributed by atoms with E-state index < -0.39 is 5.79 Å². The average molecular weight is 261 g/mol. The predicted molar refractivity (Wildman–Crippen MR) is 70.6 cm³/mol. The van der Waals surface area contributed by atoms with Gasteiger partial charge in [-0.3, -0.25) is 0 Å². The van der Waals surface area contributed by atoms with Crippen molar-refractivity contribution < 1.29 is 9.47 Å². The van der Waals surface area contributed by atoms with Crippen molar-refractivity contribution in [2.45, 2.75) is 5.79 Å². The second kappa shape index (κ2) is 4.73. The third-order valence-corrected chi connectivity index (χ3v) is 3.32. The van der Waals surface area contributed by atoms with Gasteiger partial charge in [0, 0.05) is 16.1 Å². The van der Waals surface area contributed by atoms with E-state index in [1.54, 1.807) is 0 Å². The van der Waals surface area contributed by atoms with Crippen LogP contribution in [0.3, 0.4) is 0 Å². The summed E-state index contributed by atoms with van der Waals surface area (Å²) in [4.78, 5) is 0. The minimum absolute atomic E-state index is 0.595. The van der Waals surface area contributed by atoms with Crippen LogP contribution in [-0.4, -0.2) is 13.2 Å². The molecule has 0 amide bonds. The second-order valence-electron chi connectivity index (χ2n) is 4.19. The van der Waals surface area contributed by atoms with Gasteiger partial charge in [0.1, 0.15) is 0 Å². The minimum atomic E-state index is -0.786. The van der Waals surface area contributed by atoms with Gasteiger partial charge in [0.15, 0.2) is 0 Å². The van der Waals surface area contributed by atoms with Crippen LogP contribution in [0.5, 0.6) is 0 Å². The molecule has 0 aliphatic carbocycles. The van der Waals surface area contributed by atoms with Crippen molar-refractivity contribution >= 4 is 11.6 Å². The molecule has 2 nitrogen and oxygen atoms in total. The van der Waals surface area contributed by atoms with E-state index in [9.17, 15) is 0 Å². The Morgan fingerprint density at radius 2 is 1.33 bits per heavy atom. The van der Waals surface area contributed by atoms with Crippen LogP contribution in [-0.2, 0) is 15.3 Å². The maximum Gasteiger partial charge on any atom is 0.222 e. The normalized spacial score (nSPS) is 17.8. The standard InChI is InChI=1S/C15H13ClO2/c16-14-8-6-13(7-9-14)15(17-10-11-18-15)12-4-2-1-3-5-12/h1-9H,10-11H2. The molecule has 3 rings (SSSR count). The van der Waals surface area contributed by atoms with Crippen LogP contribution in [0.15, 0.2) is 54.6 Å². The Labute approximate surface area is 111 Å².